The molecule has 1 heterocycles. The highest BCUT2D eigenvalue weighted by Gasteiger charge is 2.34. The van der Waals surface area contributed by atoms with E-state index in [9.17, 15) is 0 Å². The van der Waals surface area contributed by atoms with E-state index in [1.54, 1.807) is 14.2 Å². The van der Waals surface area contributed by atoms with Gasteiger partial charge in [0.2, 0.25) is 0 Å². The summed E-state index contributed by atoms with van der Waals surface area (Å²) in [5.74, 6) is 0. The average molecular weight is 188 g/mol. The molecule has 0 bridgehead atoms. The van der Waals surface area contributed by atoms with E-state index in [1.807, 2.05) is 7.85 Å². The van der Waals surface area contributed by atoms with Crippen molar-refractivity contribution in [3.63, 3.8) is 0 Å². The first-order valence-corrected chi connectivity index (χ1v) is 4.54. The number of hydrogen-bond donors (Lipinski definition) is 0. The number of methoxy groups -OCH3 is 2. The maximum Gasteiger partial charge on any atom is 0.142 e. The Kier molecular flexibility index (Phi) is 4.73. The molecule has 5 heteroatoms. The number of ether oxygens (including phenoxy) is 4. The van der Waals surface area contributed by atoms with Crippen LogP contribution in [0.2, 0.25) is 0 Å². The Hall–Kier alpha value is -0.0951. The van der Waals surface area contributed by atoms with Crippen LogP contribution in [0.3, 0.4) is 0 Å². The highest BCUT2D eigenvalue weighted by atomic mass is 16.6. The first kappa shape index (κ1) is 11.0. The van der Waals surface area contributed by atoms with Gasteiger partial charge >= 0.3 is 0 Å². The third-order valence-corrected chi connectivity index (χ3v) is 2.25. The van der Waals surface area contributed by atoms with Crippen LogP contribution in [0, 0.1) is 0 Å². The predicted molar refractivity (Wildman–Crippen MR) is 50.7 cm³/mol. The first-order chi connectivity index (χ1) is 6.29. The SMILES string of the molecule is B[C@@H]1OCC(OC)[C@H]1OCCOC. The summed E-state index contributed by atoms with van der Waals surface area (Å²) >= 11 is 0. The maximum atomic E-state index is 5.58. The molecular formula is C8H17BO4. The lowest BCUT2D eigenvalue weighted by atomic mass is 9.93. The van der Waals surface area contributed by atoms with Crippen LogP contribution in [0.5, 0.6) is 0 Å². The molecule has 0 radical (unpaired) electrons. The van der Waals surface area contributed by atoms with Crippen molar-refractivity contribution in [1.29, 1.82) is 0 Å². The van der Waals surface area contributed by atoms with Crippen molar-refractivity contribution in [3.05, 3.63) is 0 Å². The highest BCUT2D eigenvalue weighted by molar-refractivity contribution is 6.11. The van der Waals surface area contributed by atoms with Gasteiger partial charge in [-0.25, -0.2) is 0 Å². The Bertz CT molecular complexity index is 144. The second kappa shape index (κ2) is 5.60. The molecule has 0 aromatic heterocycles. The molecule has 3 atom stereocenters. The lowest BCUT2D eigenvalue weighted by molar-refractivity contribution is -0.0481. The smallest absolute Gasteiger partial charge is 0.142 e. The van der Waals surface area contributed by atoms with E-state index < -0.39 is 0 Å². The zero-order chi connectivity index (χ0) is 9.68. The standard InChI is InChI=1S/C8H17BO4/c1-10-3-4-12-7-6(11-2)5-13-8(7)9/h6-8H,3-5,9H2,1-2H3/t6?,7-,8-/m1/s1. The molecule has 1 rings (SSSR count). The van der Waals surface area contributed by atoms with Gasteiger partial charge in [-0.05, 0) is 0 Å². The number of rotatable bonds is 5. The molecular weight excluding hydrogens is 171 g/mol. The van der Waals surface area contributed by atoms with Gasteiger partial charge < -0.3 is 18.9 Å². The lowest BCUT2D eigenvalue weighted by Gasteiger charge is -2.19. The van der Waals surface area contributed by atoms with E-state index in [4.69, 9.17) is 18.9 Å². The van der Waals surface area contributed by atoms with Crippen molar-refractivity contribution in [2.75, 3.05) is 34.0 Å². The fourth-order valence-corrected chi connectivity index (χ4v) is 1.45. The summed E-state index contributed by atoms with van der Waals surface area (Å²) in [5.41, 5.74) is 0. The van der Waals surface area contributed by atoms with Crippen LogP contribution in [0.15, 0.2) is 0 Å². The van der Waals surface area contributed by atoms with Crippen molar-refractivity contribution in [3.8, 4) is 0 Å². The molecule has 0 N–H and O–H groups in total. The van der Waals surface area contributed by atoms with Gasteiger partial charge in [0.05, 0.1) is 25.8 Å². The van der Waals surface area contributed by atoms with E-state index in [0.29, 0.717) is 19.8 Å². The molecule has 0 aromatic rings. The summed E-state index contributed by atoms with van der Waals surface area (Å²) in [6.07, 6.45) is 0.104. The van der Waals surface area contributed by atoms with Gasteiger partial charge in [-0.1, -0.05) is 0 Å². The number of hydrogen-bond acceptors (Lipinski definition) is 4. The van der Waals surface area contributed by atoms with Gasteiger partial charge in [-0.15, -0.1) is 0 Å². The minimum atomic E-state index is 0.0418. The maximum absolute atomic E-state index is 5.58. The van der Waals surface area contributed by atoms with Crippen molar-refractivity contribution in [1.82, 2.24) is 0 Å². The molecule has 1 unspecified atom stereocenters. The van der Waals surface area contributed by atoms with Crippen LogP contribution in [0.1, 0.15) is 0 Å². The van der Waals surface area contributed by atoms with Gasteiger partial charge in [0.25, 0.3) is 0 Å². The molecule has 1 aliphatic heterocycles. The van der Waals surface area contributed by atoms with Crippen LogP contribution in [-0.4, -0.2) is 60.1 Å². The Morgan fingerprint density at radius 2 is 2.15 bits per heavy atom. The summed E-state index contributed by atoms with van der Waals surface area (Å²) in [5, 5.41) is 0. The first-order valence-electron chi connectivity index (χ1n) is 4.54. The molecule has 1 aliphatic rings. The summed E-state index contributed by atoms with van der Waals surface area (Å²) in [4.78, 5) is 0. The van der Waals surface area contributed by atoms with Gasteiger partial charge in [-0.3, -0.25) is 0 Å². The summed E-state index contributed by atoms with van der Waals surface area (Å²) in [6.45, 7) is 1.82. The van der Waals surface area contributed by atoms with Crippen molar-refractivity contribution in [2.45, 2.75) is 18.2 Å². The molecule has 1 saturated heterocycles. The second-order valence-corrected chi connectivity index (χ2v) is 3.14. The van der Waals surface area contributed by atoms with Crippen molar-refractivity contribution < 1.29 is 18.9 Å². The summed E-state index contributed by atoms with van der Waals surface area (Å²) in [7, 11) is 5.33. The molecule has 4 nitrogen and oxygen atoms in total. The Labute approximate surface area is 79.9 Å². The minimum absolute atomic E-state index is 0.0418. The van der Waals surface area contributed by atoms with E-state index in [-0.39, 0.29) is 18.2 Å². The van der Waals surface area contributed by atoms with Crippen molar-refractivity contribution in [2.24, 2.45) is 0 Å². The fourth-order valence-electron chi connectivity index (χ4n) is 1.45. The topological polar surface area (TPSA) is 36.9 Å². The Morgan fingerprint density at radius 3 is 2.77 bits per heavy atom. The van der Waals surface area contributed by atoms with Crippen LogP contribution in [0.25, 0.3) is 0 Å². The van der Waals surface area contributed by atoms with E-state index in [1.165, 1.54) is 0 Å². The highest BCUT2D eigenvalue weighted by Crippen LogP contribution is 2.17. The molecule has 0 aliphatic carbocycles. The molecule has 0 spiro atoms. The normalized spacial score (nSPS) is 33.8. The monoisotopic (exact) mass is 188 g/mol. The van der Waals surface area contributed by atoms with Crippen LogP contribution < -0.4 is 0 Å². The molecule has 13 heavy (non-hydrogen) atoms. The Morgan fingerprint density at radius 1 is 1.38 bits per heavy atom. The van der Waals surface area contributed by atoms with Gasteiger partial charge in [0, 0.05) is 14.2 Å². The molecule has 1 fully saturated rings. The summed E-state index contributed by atoms with van der Waals surface area (Å²) in [6, 6.07) is 0.113. The van der Waals surface area contributed by atoms with E-state index >= 15 is 0 Å². The van der Waals surface area contributed by atoms with Crippen LogP contribution in [0.4, 0.5) is 0 Å². The zero-order valence-electron chi connectivity index (χ0n) is 8.49. The van der Waals surface area contributed by atoms with Crippen LogP contribution >= 0.6 is 0 Å². The molecule has 0 saturated carbocycles. The molecule has 76 valence electrons. The van der Waals surface area contributed by atoms with Gasteiger partial charge in [-0.2, -0.15) is 0 Å². The van der Waals surface area contributed by atoms with E-state index in [2.05, 4.69) is 0 Å². The zero-order valence-corrected chi connectivity index (χ0v) is 8.49. The average Bonchev–Trinajstić information content (AvgIpc) is 2.48. The molecule has 0 aromatic carbocycles. The minimum Gasteiger partial charge on any atom is -0.382 e. The fraction of sp³-hybridized carbons (Fsp3) is 1.00. The van der Waals surface area contributed by atoms with Crippen LogP contribution in [-0.2, 0) is 18.9 Å². The van der Waals surface area contributed by atoms with Crippen molar-refractivity contribution >= 4 is 7.85 Å². The Balaban J connectivity index is 2.27. The van der Waals surface area contributed by atoms with Gasteiger partial charge in [0.1, 0.15) is 20.1 Å². The predicted octanol–water partition coefficient (Wildman–Crippen LogP) is -0.978. The summed E-state index contributed by atoms with van der Waals surface area (Å²) < 4.78 is 21.1. The third-order valence-electron chi connectivity index (χ3n) is 2.25. The molecule has 0 amide bonds. The second-order valence-electron chi connectivity index (χ2n) is 3.14. The lowest BCUT2D eigenvalue weighted by Crippen LogP contribution is -2.35. The quantitative estimate of drug-likeness (QED) is 0.410. The third kappa shape index (κ3) is 2.95. The van der Waals surface area contributed by atoms with Gasteiger partial charge in [0.15, 0.2) is 0 Å². The largest absolute Gasteiger partial charge is 0.382 e. The van der Waals surface area contributed by atoms with E-state index in [0.717, 1.165) is 0 Å².